The SMILES string of the molecule is CNC1COCC1C(=O)NC1CCCCC1. The molecule has 0 aromatic rings. The zero-order valence-corrected chi connectivity index (χ0v) is 10.00. The van der Waals surface area contributed by atoms with Gasteiger partial charge in [0.2, 0.25) is 5.91 Å². The zero-order valence-electron chi connectivity index (χ0n) is 10.00. The van der Waals surface area contributed by atoms with Crippen LogP contribution in [0.25, 0.3) is 0 Å². The van der Waals surface area contributed by atoms with Crippen molar-refractivity contribution in [3.05, 3.63) is 0 Å². The van der Waals surface area contributed by atoms with Gasteiger partial charge in [0.15, 0.2) is 0 Å². The zero-order chi connectivity index (χ0) is 11.4. The molecule has 0 aromatic carbocycles. The van der Waals surface area contributed by atoms with E-state index in [9.17, 15) is 4.79 Å². The molecule has 2 aliphatic rings. The Morgan fingerprint density at radius 2 is 1.94 bits per heavy atom. The first-order valence-electron chi connectivity index (χ1n) is 6.36. The molecule has 2 unspecified atom stereocenters. The van der Waals surface area contributed by atoms with Crippen molar-refractivity contribution in [3.63, 3.8) is 0 Å². The molecule has 0 radical (unpaired) electrons. The van der Waals surface area contributed by atoms with E-state index in [0.717, 1.165) is 12.8 Å². The van der Waals surface area contributed by atoms with Crippen molar-refractivity contribution in [1.29, 1.82) is 0 Å². The normalized spacial score (nSPS) is 31.6. The smallest absolute Gasteiger partial charge is 0.227 e. The van der Waals surface area contributed by atoms with Crippen molar-refractivity contribution in [2.45, 2.75) is 44.2 Å². The maximum atomic E-state index is 12.1. The summed E-state index contributed by atoms with van der Waals surface area (Å²) in [7, 11) is 1.89. The summed E-state index contributed by atoms with van der Waals surface area (Å²) in [6.45, 7) is 1.21. The summed E-state index contributed by atoms with van der Waals surface area (Å²) in [6, 6.07) is 0.586. The Morgan fingerprint density at radius 3 is 2.62 bits per heavy atom. The summed E-state index contributed by atoms with van der Waals surface area (Å²) in [4.78, 5) is 12.1. The number of hydrogen-bond donors (Lipinski definition) is 2. The van der Waals surface area contributed by atoms with Gasteiger partial charge in [-0.05, 0) is 19.9 Å². The van der Waals surface area contributed by atoms with Crippen LogP contribution in [0.5, 0.6) is 0 Å². The van der Waals surface area contributed by atoms with Gasteiger partial charge in [0.25, 0.3) is 0 Å². The molecule has 2 rings (SSSR count). The quantitative estimate of drug-likeness (QED) is 0.743. The molecule has 16 heavy (non-hydrogen) atoms. The van der Waals surface area contributed by atoms with Crippen molar-refractivity contribution in [3.8, 4) is 0 Å². The molecule has 0 spiro atoms. The van der Waals surface area contributed by atoms with Crippen LogP contribution < -0.4 is 10.6 Å². The highest BCUT2D eigenvalue weighted by Crippen LogP contribution is 2.19. The van der Waals surface area contributed by atoms with Gasteiger partial charge in [0.1, 0.15) is 0 Å². The van der Waals surface area contributed by atoms with Crippen LogP contribution >= 0.6 is 0 Å². The van der Waals surface area contributed by atoms with Crippen LogP contribution in [-0.4, -0.2) is 38.3 Å². The van der Waals surface area contributed by atoms with Gasteiger partial charge in [-0.15, -0.1) is 0 Å². The Balaban J connectivity index is 1.82. The maximum absolute atomic E-state index is 12.1. The molecule has 1 aliphatic heterocycles. The summed E-state index contributed by atoms with van der Waals surface area (Å²) < 4.78 is 5.35. The molecule has 2 N–H and O–H groups in total. The molecule has 1 amide bonds. The number of nitrogens with one attached hydrogen (secondary N) is 2. The van der Waals surface area contributed by atoms with E-state index in [4.69, 9.17) is 4.74 Å². The van der Waals surface area contributed by atoms with Gasteiger partial charge < -0.3 is 15.4 Å². The number of likely N-dealkylation sites (N-methyl/N-ethyl adjacent to an activating group) is 1. The number of rotatable bonds is 3. The molecule has 0 aromatic heterocycles. The van der Waals surface area contributed by atoms with E-state index < -0.39 is 0 Å². The third-order valence-corrected chi connectivity index (χ3v) is 3.74. The predicted octanol–water partition coefficient (Wildman–Crippen LogP) is 0.670. The number of carbonyl (C=O) groups is 1. The minimum atomic E-state index is -0.00748. The van der Waals surface area contributed by atoms with E-state index in [2.05, 4.69) is 10.6 Å². The van der Waals surface area contributed by atoms with Crippen LogP contribution in [0.3, 0.4) is 0 Å². The van der Waals surface area contributed by atoms with Crippen molar-refractivity contribution >= 4 is 5.91 Å². The van der Waals surface area contributed by atoms with Crippen molar-refractivity contribution in [2.75, 3.05) is 20.3 Å². The van der Waals surface area contributed by atoms with Crippen LogP contribution in [0.1, 0.15) is 32.1 Å². The highest BCUT2D eigenvalue weighted by molar-refractivity contribution is 5.80. The molecule has 1 saturated carbocycles. The van der Waals surface area contributed by atoms with Crippen LogP contribution in [-0.2, 0) is 9.53 Å². The fourth-order valence-electron chi connectivity index (χ4n) is 2.65. The van der Waals surface area contributed by atoms with Gasteiger partial charge in [-0.25, -0.2) is 0 Å². The third-order valence-electron chi connectivity index (χ3n) is 3.74. The lowest BCUT2D eigenvalue weighted by atomic mass is 9.94. The number of amides is 1. The fourth-order valence-corrected chi connectivity index (χ4v) is 2.65. The highest BCUT2D eigenvalue weighted by Gasteiger charge is 2.33. The average Bonchev–Trinajstić information content (AvgIpc) is 2.78. The molecule has 4 nitrogen and oxygen atoms in total. The van der Waals surface area contributed by atoms with Gasteiger partial charge in [-0.2, -0.15) is 0 Å². The molecular weight excluding hydrogens is 204 g/mol. The summed E-state index contributed by atoms with van der Waals surface area (Å²) in [5.41, 5.74) is 0. The van der Waals surface area contributed by atoms with E-state index in [1.807, 2.05) is 7.05 Å². The fraction of sp³-hybridized carbons (Fsp3) is 0.917. The van der Waals surface area contributed by atoms with E-state index in [1.165, 1.54) is 19.3 Å². The second kappa shape index (κ2) is 5.64. The monoisotopic (exact) mass is 226 g/mol. The summed E-state index contributed by atoms with van der Waals surface area (Å²) in [5.74, 6) is 0.163. The van der Waals surface area contributed by atoms with Crippen LogP contribution in [0, 0.1) is 5.92 Å². The van der Waals surface area contributed by atoms with E-state index >= 15 is 0 Å². The molecular formula is C12H22N2O2. The molecule has 92 valence electrons. The van der Waals surface area contributed by atoms with Gasteiger partial charge in [-0.3, -0.25) is 4.79 Å². The van der Waals surface area contributed by atoms with Crippen LogP contribution in [0.15, 0.2) is 0 Å². The molecule has 0 bridgehead atoms. The minimum absolute atomic E-state index is 0.00748. The molecule has 4 heteroatoms. The lowest BCUT2D eigenvalue weighted by Gasteiger charge is -2.25. The van der Waals surface area contributed by atoms with E-state index in [1.54, 1.807) is 0 Å². The van der Waals surface area contributed by atoms with E-state index in [0.29, 0.717) is 19.3 Å². The third kappa shape index (κ3) is 2.74. The number of carbonyl (C=O) groups excluding carboxylic acids is 1. The summed E-state index contributed by atoms with van der Waals surface area (Å²) in [5, 5.41) is 6.31. The van der Waals surface area contributed by atoms with Gasteiger partial charge in [0, 0.05) is 12.1 Å². The maximum Gasteiger partial charge on any atom is 0.227 e. The predicted molar refractivity (Wildman–Crippen MR) is 62.2 cm³/mol. The molecule has 1 heterocycles. The van der Waals surface area contributed by atoms with Gasteiger partial charge in [-0.1, -0.05) is 19.3 Å². The Labute approximate surface area is 97.1 Å². The van der Waals surface area contributed by atoms with Crippen molar-refractivity contribution in [2.24, 2.45) is 5.92 Å². The lowest BCUT2D eigenvalue weighted by Crippen LogP contribution is -2.46. The van der Waals surface area contributed by atoms with Crippen molar-refractivity contribution < 1.29 is 9.53 Å². The first-order chi connectivity index (χ1) is 7.81. The molecule has 1 saturated heterocycles. The Bertz CT molecular complexity index is 239. The average molecular weight is 226 g/mol. The largest absolute Gasteiger partial charge is 0.379 e. The minimum Gasteiger partial charge on any atom is -0.379 e. The topological polar surface area (TPSA) is 50.4 Å². The van der Waals surface area contributed by atoms with Crippen molar-refractivity contribution in [1.82, 2.24) is 10.6 Å². The highest BCUT2D eigenvalue weighted by atomic mass is 16.5. The first kappa shape index (κ1) is 11.9. The van der Waals surface area contributed by atoms with Gasteiger partial charge in [0.05, 0.1) is 19.1 Å². The first-order valence-corrected chi connectivity index (χ1v) is 6.36. The van der Waals surface area contributed by atoms with Gasteiger partial charge >= 0.3 is 0 Å². The summed E-state index contributed by atoms with van der Waals surface area (Å²) >= 11 is 0. The Hall–Kier alpha value is -0.610. The molecule has 2 atom stereocenters. The lowest BCUT2D eigenvalue weighted by molar-refractivity contribution is -0.126. The Morgan fingerprint density at radius 1 is 1.19 bits per heavy atom. The second-order valence-electron chi connectivity index (χ2n) is 4.88. The molecule has 2 fully saturated rings. The summed E-state index contributed by atoms with van der Waals surface area (Å²) in [6.07, 6.45) is 6.11. The number of ether oxygens (including phenoxy) is 1. The molecule has 1 aliphatic carbocycles. The Kier molecular flexibility index (Phi) is 4.18. The second-order valence-corrected chi connectivity index (χ2v) is 4.88. The van der Waals surface area contributed by atoms with Crippen LogP contribution in [0.2, 0.25) is 0 Å². The number of hydrogen-bond acceptors (Lipinski definition) is 3. The van der Waals surface area contributed by atoms with E-state index in [-0.39, 0.29) is 17.9 Å². The van der Waals surface area contributed by atoms with Crippen LogP contribution in [0.4, 0.5) is 0 Å². The standard InChI is InChI=1S/C12H22N2O2/c1-13-11-8-16-7-10(11)12(15)14-9-5-3-2-4-6-9/h9-11,13H,2-8H2,1H3,(H,14,15).